The number of hydrogen-bond acceptors (Lipinski definition) is 6. The molecule has 0 radical (unpaired) electrons. The number of carbonyl (C=O) groups excluding carboxylic acids is 2. The fraction of sp³-hybridized carbons (Fsp3) is 0.353. The van der Waals surface area contributed by atoms with Crippen LogP contribution in [0.2, 0.25) is 0 Å². The maximum absolute atomic E-state index is 13.6. The molecule has 146 valence electrons. The summed E-state index contributed by atoms with van der Waals surface area (Å²) >= 11 is 1.09. The van der Waals surface area contributed by atoms with E-state index in [-0.39, 0.29) is 30.5 Å². The molecule has 0 saturated heterocycles. The van der Waals surface area contributed by atoms with E-state index in [2.05, 4.69) is 15.6 Å². The topological polar surface area (TPSA) is 105 Å². The van der Waals surface area contributed by atoms with Crippen LogP contribution in [0.3, 0.4) is 0 Å². The van der Waals surface area contributed by atoms with E-state index < -0.39 is 11.7 Å². The van der Waals surface area contributed by atoms with Gasteiger partial charge in [-0.15, -0.1) is 0 Å². The molecule has 1 aromatic carbocycles. The first kappa shape index (κ1) is 20.9. The van der Waals surface area contributed by atoms with E-state index in [1.165, 1.54) is 36.1 Å². The maximum atomic E-state index is 13.6. The van der Waals surface area contributed by atoms with Crippen molar-refractivity contribution in [2.45, 2.75) is 18.3 Å². The maximum Gasteiger partial charge on any atom is 0.240 e. The standard InChI is InChI=1S/C17H21FN4O4S/c1-26-7-6-19-15(24)9-22-12(10-23)8-20-17(22)27-11-16(25)21-14-5-3-2-4-13(14)18/h2-5,8,23H,6-7,9-11H2,1H3,(H,19,24)(H,21,25). The summed E-state index contributed by atoms with van der Waals surface area (Å²) < 4.78 is 20.0. The van der Waals surface area contributed by atoms with Gasteiger partial charge in [0.2, 0.25) is 11.8 Å². The highest BCUT2D eigenvalue weighted by molar-refractivity contribution is 7.99. The molecule has 2 aromatic rings. The molecule has 3 N–H and O–H groups in total. The molecule has 0 aliphatic carbocycles. The molecule has 1 aromatic heterocycles. The summed E-state index contributed by atoms with van der Waals surface area (Å²) in [7, 11) is 1.53. The second kappa shape index (κ2) is 10.7. The van der Waals surface area contributed by atoms with Crippen molar-refractivity contribution in [1.82, 2.24) is 14.9 Å². The first-order valence-corrected chi connectivity index (χ1v) is 9.11. The Bertz CT molecular complexity index is 784. The van der Waals surface area contributed by atoms with Crippen LogP contribution in [0.15, 0.2) is 35.6 Å². The number of rotatable bonds is 10. The number of imidazole rings is 1. The minimum atomic E-state index is -0.521. The molecule has 0 spiro atoms. The van der Waals surface area contributed by atoms with E-state index in [1.54, 1.807) is 6.07 Å². The minimum absolute atomic E-state index is 0.0263. The fourth-order valence-corrected chi connectivity index (χ4v) is 2.97. The minimum Gasteiger partial charge on any atom is -0.390 e. The molecular weight excluding hydrogens is 375 g/mol. The molecular formula is C17H21FN4O4S. The Balaban J connectivity index is 1.95. The highest BCUT2D eigenvalue weighted by Crippen LogP contribution is 2.20. The lowest BCUT2D eigenvalue weighted by Crippen LogP contribution is -2.31. The second-order valence-corrected chi connectivity index (χ2v) is 6.38. The number of aliphatic hydroxyl groups is 1. The number of nitrogens with one attached hydrogen (secondary N) is 2. The van der Waals surface area contributed by atoms with Gasteiger partial charge < -0.3 is 25.0 Å². The van der Waals surface area contributed by atoms with Crippen LogP contribution in [0.5, 0.6) is 0 Å². The number of para-hydroxylation sites is 1. The smallest absolute Gasteiger partial charge is 0.240 e. The normalized spacial score (nSPS) is 10.6. The van der Waals surface area contributed by atoms with Gasteiger partial charge in [-0.05, 0) is 12.1 Å². The zero-order chi connectivity index (χ0) is 19.6. The van der Waals surface area contributed by atoms with Gasteiger partial charge in [-0.25, -0.2) is 9.37 Å². The number of anilines is 1. The summed E-state index contributed by atoms with van der Waals surface area (Å²) in [5, 5.41) is 15.0. The zero-order valence-electron chi connectivity index (χ0n) is 14.8. The Kier molecular flexibility index (Phi) is 8.24. The summed E-state index contributed by atoms with van der Waals surface area (Å²) in [5.74, 6) is -1.22. The Hall–Kier alpha value is -2.43. The highest BCUT2D eigenvalue weighted by atomic mass is 32.2. The third kappa shape index (κ3) is 6.35. The van der Waals surface area contributed by atoms with Crippen molar-refractivity contribution < 1.29 is 23.8 Å². The molecule has 0 atom stereocenters. The van der Waals surface area contributed by atoms with Crippen molar-refractivity contribution in [3.8, 4) is 0 Å². The Morgan fingerprint density at radius 2 is 2.11 bits per heavy atom. The van der Waals surface area contributed by atoms with Crippen LogP contribution < -0.4 is 10.6 Å². The van der Waals surface area contributed by atoms with E-state index in [0.717, 1.165) is 11.8 Å². The molecule has 0 unspecified atom stereocenters. The molecule has 0 aliphatic heterocycles. The van der Waals surface area contributed by atoms with Crippen LogP contribution in [0.1, 0.15) is 5.69 Å². The van der Waals surface area contributed by atoms with Gasteiger partial charge in [0.1, 0.15) is 12.4 Å². The number of amides is 2. The fourth-order valence-electron chi connectivity index (χ4n) is 2.17. The molecule has 0 fully saturated rings. The summed E-state index contributed by atoms with van der Waals surface area (Å²) in [6, 6.07) is 5.87. The van der Waals surface area contributed by atoms with Gasteiger partial charge >= 0.3 is 0 Å². The quantitative estimate of drug-likeness (QED) is 0.409. The lowest BCUT2D eigenvalue weighted by atomic mass is 10.3. The first-order valence-electron chi connectivity index (χ1n) is 8.13. The molecule has 1 heterocycles. The van der Waals surface area contributed by atoms with Gasteiger partial charge in [-0.1, -0.05) is 23.9 Å². The Labute approximate surface area is 160 Å². The van der Waals surface area contributed by atoms with Crippen molar-refractivity contribution in [2.24, 2.45) is 0 Å². The van der Waals surface area contributed by atoms with Crippen molar-refractivity contribution in [3.63, 3.8) is 0 Å². The number of carbonyl (C=O) groups is 2. The van der Waals surface area contributed by atoms with E-state index in [9.17, 15) is 19.1 Å². The van der Waals surface area contributed by atoms with Crippen LogP contribution in [0.4, 0.5) is 10.1 Å². The summed E-state index contributed by atoms with van der Waals surface area (Å²) in [6.45, 7) is 0.420. The summed E-state index contributed by atoms with van der Waals surface area (Å²) in [5.41, 5.74) is 0.550. The zero-order valence-corrected chi connectivity index (χ0v) is 15.6. The lowest BCUT2D eigenvalue weighted by Gasteiger charge is -2.11. The van der Waals surface area contributed by atoms with Crippen molar-refractivity contribution >= 4 is 29.3 Å². The van der Waals surface area contributed by atoms with Crippen molar-refractivity contribution in [1.29, 1.82) is 0 Å². The molecule has 0 saturated carbocycles. The Morgan fingerprint density at radius 3 is 2.81 bits per heavy atom. The number of hydrogen-bond donors (Lipinski definition) is 3. The van der Waals surface area contributed by atoms with E-state index in [1.807, 2.05) is 0 Å². The van der Waals surface area contributed by atoms with Gasteiger partial charge in [-0.2, -0.15) is 0 Å². The largest absolute Gasteiger partial charge is 0.390 e. The predicted octanol–water partition coefficient (Wildman–Crippen LogP) is 1.01. The van der Waals surface area contributed by atoms with Gasteiger partial charge in [0, 0.05) is 13.7 Å². The number of ether oxygens (including phenoxy) is 1. The van der Waals surface area contributed by atoms with Gasteiger partial charge in [0.05, 0.1) is 36.5 Å². The number of thioether (sulfide) groups is 1. The summed E-state index contributed by atoms with van der Waals surface area (Å²) in [6.07, 6.45) is 1.44. The molecule has 27 heavy (non-hydrogen) atoms. The van der Waals surface area contributed by atoms with Crippen molar-refractivity contribution in [3.05, 3.63) is 42.0 Å². The van der Waals surface area contributed by atoms with Crippen LogP contribution in [-0.4, -0.2) is 52.5 Å². The SMILES string of the molecule is COCCNC(=O)Cn1c(CO)cnc1SCC(=O)Nc1ccccc1F. The molecule has 8 nitrogen and oxygen atoms in total. The highest BCUT2D eigenvalue weighted by Gasteiger charge is 2.15. The first-order chi connectivity index (χ1) is 13.0. The molecule has 2 rings (SSSR count). The predicted molar refractivity (Wildman–Crippen MR) is 98.8 cm³/mol. The van der Waals surface area contributed by atoms with Crippen molar-refractivity contribution in [2.75, 3.05) is 31.3 Å². The van der Waals surface area contributed by atoms with Gasteiger partial charge in [0.15, 0.2) is 5.16 Å². The average molecular weight is 396 g/mol. The monoisotopic (exact) mass is 396 g/mol. The number of aliphatic hydroxyl groups excluding tert-OH is 1. The number of nitrogens with zero attached hydrogens (tertiary/aromatic N) is 2. The van der Waals surface area contributed by atoms with Crippen LogP contribution in [0.25, 0.3) is 0 Å². The van der Waals surface area contributed by atoms with Crippen LogP contribution in [0, 0.1) is 5.82 Å². The van der Waals surface area contributed by atoms with Gasteiger partial charge in [-0.3, -0.25) is 9.59 Å². The van der Waals surface area contributed by atoms with E-state index in [0.29, 0.717) is 24.0 Å². The second-order valence-electron chi connectivity index (χ2n) is 5.44. The number of aromatic nitrogens is 2. The van der Waals surface area contributed by atoms with E-state index in [4.69, 9.17) is 4.74 Å². The molecule has 0 aliphatic rings. The average Bonchev–Trinajstić information content (AvgIpc) is 3.03. The van der Waals surface area contributed by atoms with E-state index >= 15 is 0 Å². The third-order valence-corrected chi connectivity index (χ3v) is 4.46. The third-order valence-electron chi connectivity index (χ3n) is 3.47. The molecule has 10 heteroatoms. The van der Waals surface area contributed by atoms with Gasteiger partial charge in [0.25, 0.3) is 0 Å². The lowest BCUT2D eigenvalue weighted by molar-refractivity contribution is -0.122. The number of methoxy groups -OCH3 is 1. The molecule has 2 amide bonds. The van der Waals surface area contributed by atoms with Crippen LogP contribution in [-0.2, 0) is 27.5 Å². The Morgan fingerprint density at radius 1 is 1.33 bits per heavy atom. The number of benzene rings is 1. The summed E-state index contributed by atoms with van der Waals surface area (Å²) in [4.78, 5) is 28.2. The number of halogens is 1. The van der Waals surface area contributed by atoms with Crippen LogP contribution >= 0.6 is 11.8 Å². The molecule has 0 bridgehead atoms.